The monoisotopic (exact) mass is 642 g/mol. The molecule has 2 aromatic rings. The summed E-state index contributed by atoms with van der Waals surface area (Å²) in [6, 6.07) is 3.20. The summed E-state index contributed by atoms with van der Waals surface area (Å²) in [5, 5.41) is 2.69. The normalized spacial score (nSPS) is 10.0. The lowest BCUT2D eigenvalue weighted by Gasteiger charge is -2.26. The minimum atomic E-state index is -0.421. The van der Waals surface area contributed by atoms with Crippen LogP contribution in [0.2, 0.25) is 0 Å². The number of nitrogens with one attached hydrogen (secondary N) is 1. The highest BCUT2D eigenvalue weighted by Crippen LogP contribution is 2.44. The van der Waals surface area contributed by atoms with Crippen molar-refractivity contribution in [1.29, 1.82) is 0 Å². The van der Waals surface area contributed by atoms with E-state index < -0.39 is 5.97 Å². The lowest BCUT2D eigenvalue weighted by molar-refractivity contribution is -0.139. The molecule has 0 aliphatic rings. The van der Waals surface area contributed by atoms with E-state index in [4.69, 9.17) is 35.2 Å². The molecule has 0 unspecified atom stereocenters. The van der Waals surface area contributed by atoms with Crippen LogP contribution in [0.4, 0.5) is 17.1 Å². The average Bonchev–Trinajstić information content (AvgIpc) is 3.02. The number of hydrogen-bond acceptors (Lipinski definition) is 12. The van der Waals surface area contributed by atoms with E-state index in [-0.39, 0.29) is 35.5 Å². The number of carbonyl (C=O) groups is 4. The number of likely N-dealkylation sites (N-methyl/N-ethyl adjacent to an activating group) is 1. The van der Waals surface area contributed by atoms with Crippen LogP contribution in [0, 0.1) is 0 Å². The quantitative estimate of drug-likeness (QED) is 0.0794. The SMILES string of the molecule is C=C(C)C(=O)OCCCc1c(OC)cc(C(C)=O)c(N)c1OC.C=CC(=O)NCCN(C)c1c(OC)cc(C(C)=O)c(N)c1OC. The number of carbonyl (C=O) groups excluding carboxylic acids is 4. The van der Waals surface area contributed by atoms with Crippen LogP contribution in [-0.2, 0) is 20.7 Å². The molecule has 0 heterocycles. The smallest absolute Gasteiger partial charge is 0.333 e. The van der Waals surface area contributed by atoms with Crippen LogP contribution in [0.3, 0.4) is 0 Å². The Bertz CT molecular complexity index is 1450. The number of nitrogens with two attached hydrogens (primary N) is 2. The molecular formula is C33H46N4O9. The summed E-state index contributed by atoms with van der Waals surface area (Å²) < 4.78 is 26.5. The first-order valence-electron chi connectivity index (χ1n) is 14.2. The first-order valence-corrected chi connectivity index (χ1v) is 14.2. The van der Waals surface area contributed by atoms with Crippen LogP contribution in [0.15, 0.2) is 36.9 Å². The van der Waals surface area contributed by atoms with Crippen molar-refractivity contribution in [3.8, 4) is 23.0 Å². The van der Waals surface area contributed by atoms with Gasteiger partial charge in [0.15, 0.2) is 17.3 Å². The second-order valence-corrected chi connectivity index (χ2v) is 10.0. The van der Waals surface area contributed by atoms with Crippen molar-refractivity contribution in [3.63, 3.8) is 0 Å². The van der Waals surface area contributed by atoms with Crippen LogP contribution < -0.4 is 40.6 Å². The molecule has 0 bridgehead atoms. The minimum Gasteiger partial charge on any atom is -0.496 e. The third-order valence-corrected chi connectivity index (χ3v) is 6.71. The van der Waals surface area contributed by atoms with Gasteiger partial charge in [-0.1, -0.05) is 13.2 Å². The number of esters is 1. The summed E-state index contributed by atoms with van der Waals surface area (Å²) in [6.07, 6.45) is 2.30. The molecule has 0 aliphatic carbocycles. The van der Waals surface area contributed by atoms with Crippen molar-refractivity contribution in [2.45, 2.75) is 33.6 Å². The zero-order valence-corrected chi connectivity index (χ0v) is 28.0. The Morgan fingerprint density at radius 1 is 0.870 bits per heavy atom. The zero-order chi connectivity index (χ0) is 35.1. The maximum absolute atomic E-state index is 11.7. The lowest BCUT2D eigenvalue weighted by Crippen LogP contribution is -2.32. The molecule has 13 heteroatoms. The predicted molar refractivity (Wildman–Crippen MR) is 178 cm³/mol. The van der Waals surface area contributed by atoms with Gasteiger partial charge >= 0.3 is 5.97 Å². The summed E-state index contributed by atoms with van der Waals surface area (Å²) in [5.41, 5.74) is 15.0. The number of methoxy groups -OCH3 is 4. The molecule has 0 aliphatic heterocycles. The van der Waals surface area contributed by atoms with Gasteiger partial charge in [0, 0.05) is 42.4 Å². The van der Waals surface area contributed by atoms with Crippen molar-refractivity contribution in [3.05, 3.63) is 53.6 Å². The number of benzene rings is 2. The highest BCUT2D eigenvalue weighted by atomic mass is 16.5. The largest absolute Gasteiger partial charge is 0.496 e. The Hall–Kier alpha value is -5.20. The molecule has 46 heavy (non-hydrogen) atoms. The summed E-state index contributed by atoms with van der Waals surface area (Å²) in [5.74, 6) is 0.769. The topological polar surface area (TPSA) is 182 Å². The van der Waals surface area contributed by atoms with Gasteiger partial charge in [-0.25, -0.2) is 4.79 Å². The summed E-state index contributed by atoms with van der Waals surface area (Å²) >= 11 is 0. The molecule has 0 saturated heterocycles. The van der Waals surface area contributed by atoms with Crippen LogP contribution in [0.5, 0.6) is 23.0 Å². The Labute approximate surface area is 270 Å². The van der Waals surface area contributed by atoms with Gasteiger partial charge in [0.2, 0.25) is 5.91 Å². The predicted octanol–water partition coefficient (Wildman–Crippen LogP) is 3.77. The Morgan fingerprint density at radius 3 is 1.85 bits per heavy atom. The molecule has 2 aromatic carbocycles. The molecule has 5 N–H and O–H groups in total. The molecule has 1 amide bonds. The van der Waals surface area contributed by atoms with Gasteiger partial charge in [-0.05, 0) is 51.8 Å². The van der Waals surface area contributed by atoms with Crippen molar-refractivity contribution in [1.82, 2.24) is 5.32 Å². The fraction of sp³-hybridized carbons (Fsp3) is 0.394. The van der Waals surface area contributed by atoms with Crippen LogP contribution in [-0.4, -0.2) is 78.6 Å². The summed E-state index contributed by atoms with van der Waals surface area (Å²) in [7, 11) is 7.80. The van der Waals surface area contributed by atoms with Crippen molar-refractivity contribution in [2.75, 3.05) is 71.6 Å². The average molecular weight is 643 g/mol. The molecule has 252 valence electrons. The fourth-order valence-electron chi connectivity index (χ4n) is 4.36. The third-order valence-electron chi connectivity index (χ3n) is 6.71. The van der Waals surface area contributed by atoms with Crippen LogP contribution in [0.25, 0.3) is 0 Å². The van der Waals surface area contributed by atoms with Crippen LogP contribution >= 0.6 is 0 Å². The molecular weight excluding hydrogens is 596 g/mol. The first-order chi connectivity index (χ1) is 21.7. The zero-order valence-electron chi connectivity index (χ0n) is 28.0. The maximum atomic E-state index is 11.7. The summed E-state index contributed by atoms with van der Waals surface area (Å²) in [4.78, 5) is 47.7. The fourth-order valence-corrected chi connectivity index (χ4v) is 4.36. The molecule has 0 saturated carbocycles. The number of ether oxygens (including phenoxy) is 5. The Kier molecular flexibility index (Phi) is 15.7. The van der Waals surface area contributed by atoms with Crippen molar-refractivity contribution in [2.24, 2.45) is 0 Å². The maximum Gasteiger partial charge on any atom is 0.333 e. The first kappa shape index (κ1) is 38.8. The Balaban J connectivity index is 0.000000460. The van der Waals surface area contributed by atoms with E-state index in [1.807, 2.05) is 11.9 Å². The molecule has 0 atom stereocenters. The van der Waals surface area contributed by atoms with Gasteiger partial charge in [-0.15, -0.1) is 0 Å². The third kappa shape index (κ3) is 10.2. The number of nitrogens with zero attached hydrogens (tertiary/aromatic N) is 1. The number of hydrogen-bond donors (Lipinski definition) is 3. The van der Waals surface area contributed by atoms with Gasteiger partial charge in [-0.2, -0.15) is 0 Å². The van der Waals surface area contributed by atoms with Crippen molar-refractivity contribution < 1.29 is 42.9 Å². The Morgan fingerprint density at radius 2 is 1.39 bits per heavy atom. The van der Waals surface area contributed by atoms with E-state index in [2.05, 4.69) is 18.5 Å². The molecule has 0 spiro atoms. The molecule has 0 radical (unpaired) electrons. The van der Waals surface area contributed by atoms with Crippen molar-refractivity contribution >= 4 is 40.5 Å². The van der Waals surface area contributed by atoms with Gasteiger partial charge in [0.1, 0.15) is 22.9 Å². The second kappa shape index (κ2) is 18.6. The van der Waals surface area contributed by atoms with Gasteiger partial charge in [0.25, 0.3) is 0 Å². The summed E-state index contributed by atoms with van der Waals surface area (Å²) in [6.45, 7) is 12.5. The van der Waals surface area contributed by atoms with E-state index in [1.165, 1.54) is 48.4 Å². The van der Waals surface area contributed by atoms with E-state index in [9.17, 15) is 19.2 Å². The van der Waals surface area contributed by atoms with E-state index in [1.54, 1.807) is 19.1 Å². The number of Topliss-reactive ketones (excluding diaryl/α,β-unsaturated/α-hetero) is 2. The number of nitrogen functional groups attached to an aromatic ring is 2. The minimum absolute atomic E-state index is 0.166. The molecule has 2 rings (SSSR count). The van der Waals surface area contributed by atoms with Gasteiger partial charge in [-0.3, -0.25) is 14.4 Å². The lowest BCUT2D eigenvalue weighted by atomic mass is 10.00. The number of ketones is 2. The molecule has 0 aromatic heterocycles. The number of amides is 1. The van der Waals surface area contributed by atoms with Crippen LogP contribution in [0.1, 0.15) is 53.5 Å². The second-order valence-electron chi connectivity index (χ2n) is 10.0. The van der Waals surface area contributed by atoms with E-state index in [0.29, 0.717) is 71.3 Å². The van der Waals surface area contributed by atoms with E-state index >= 15 is 0 Å². The highest BCUT2D eigenvalue weighted by Gasteiger charge is 2.23. The molecule has 13 nitrogen and oxygen atoms in total. The number of anilines is 3. The van der Waals surface area contributed by atoms with E-state index in [0.717, 1.165) is 5.56 Å². The van der Waals surface area contributed by atoms with Gasteiger partial charge in [0.05, 0.1) is 46.4 Å². The number of rotatable bonds is 16. The molecule has 0 fully saturated rings. The standard InChI is InChI=1S/C17H23NO5.C16H23N3O4/c1-10(2)17(20)23-8-6-7-12-14(21-4)9-13(11(3)19)15(18)16(12)22-5;1-6-13(21)18-7-8-19(3)15-12(22-4)9-11(10(2)20)14(17)16(15)23-5/h9H,1,6-8,18H2,2-5H3;6,9H,1,7-8,17H2,2-5H3,(H,18,21). The highest BCUT2D eigenvalue weighted by molar-refractivity contribution is 6.03. The van der Waals surface area contributed by atoms with Gasteiger partial charge < -0.3 is 45.4 Å².